The van der Waals surface area contributed by atoms with Crippen molar-refractivity contribution >= 4 is 22.2 Å². The van der Waals surface area contributed by atoms with Crippen LogP contribution in [0.25, 0.3) is 0 Å². The second-order valence-electron chi connectivity index (χ2n) is 7.75. The highest BCUT2D eigenvalue weighted by Crippen LogP contribution is 2.45. The van der Waals surface area contributed by atoms with Crippen molar-refractivity contribution in [1.29, 1.82) is 5.26 Å². The molecule has 0 fully saturated rings. The predicted octanol–water partition coefficient (Wildman–Crippen LogP) is 5.15. The minimum atomic E-state index is 0.0144. The monoisotopic (exact) mass is 332 g/mol. The summed E-state index contributed by atoms with van der Waals surface area (Å²) in [6.45, 7) is 11.0. The second-order valence-corrected chi connectivity index (χ2v) is 8.85. The van der Waals surface area contributed by atoms with E-state index in [-0.39, 0.29) is 5.91 Å². The molecule has 0 spiro atoms. The number of nitrogens with zero attached hydrogens (tertiary/aromatic N) is 1. The molecule has 1 heterocycles. The maximum absolute atomic E-state index is 12.1. The number of amides is 1. The van der Waals surface area contributed by atoms with E-state index in [0.717, 1.165) is 24.3 Å². The maximum Gasteiger partial charge on any atom is 0.225 e. The molecule has 0 saturated heterocycles. The van der Waals surface area contributed by atoms with E-state index in [1.807, 2.05) is 13.8 Å². The van der Waals surface area contributed by atoms with Gasteiger partial charge in [-0.05, 0) is 42.1 Å². The molecule has 23 heavy (non-hydrogen) atoms. The van der Waals surface area contributed by atoms with Gasteiger partial charge in [-0.15, -0.1) is 11.3 Å². The Morgan fingerprint density at radius 1 is 1.48 bits per heavy atom. The number of nitrogens with one attached hydrogen (secondary N) is 1. The Labute approximate surface area is 144 Å². The lowest BCUT2D eigenvalue weighted by Crippen LogP contribution is -2.28. The largest absolute Gasteiger partial charge is 0.317 e. The molecule has 2 rings (SSSR count). The third-order valence-electron chi connectivity index (χ3n) is 5.24. The first-order valence-corrected chi connectivity index (χ1v) is 9.44. The van der Waals surface area contributed by atoms with Gasteiger partial charge in [-0.2, -0.15) is 5.26 Å². The number of carbonyl (C=O) groups excluding carboxylic acids is 1. The van der Waals surface area contributed by atoms with Gasteiger partial charge in [0.25, 0.3) is 0 Å². The lowest BCUT2D eigenvalue weighted by Gasteiger charge is -2.36. The molecule has 1 amide bonds. The summed E-state index contributed by atoms with van der Waals surface area (Å²) in [6.07, 6.45) is 4.80. The molecule has 1 atom stereocenters. The normalized spacial score (nSPS) is 17.7. The number of anilines is 1. The van der Waals surface area contributed by atoms with Crippen molar-refractivity contribution in [2.75, 3.05) is 5.32 Å². The van der Waals surface area contributed by atoms with E-state index in [1.165, 1.54) is 16.9 Å². The number of fused-ring (bicyclic) bond motifs is 1. The molecule has 126 valence electrons. The highest BCUT2D eigenvalue weighted by atomic mass is 32.1. The molecule has 0 aromatic carbocycles. The van der Waals surface area contributed by atoms with Crippen molar-refractivity contribution in [2.24, 2.45) is 17.3 Å². The van der Waals surface area contributed by atoms with Crippen LogP contribution in [0.3, 0.4) is 0 Å². The Morgan fingerprint density at radius 2 is 2.17 bits per heavy atom. The number of rotatable bonds is 5. The fraction of sp³-hybridized carbons (Fsp3) is 0.684. The molecule has 1 N–H and O–H groups in total. The molecule has 4 heteroatoms. The molecule has 1 aromatic heterocycles. The lowest BCUT2D eigenvalue weighted by atomic mass is 9.69. The zero-order valence-corrected chi connectivity index (χ0v) is 15.8. The molecule has 0 radical (unpaired) electrons. The summed E-state index contributed by atoms with van der Waals surface area (Å²) in [5.74, 6) is 0.995. The number of nitriles is 1. The minimum absolute atomic E-state index is 0.0144. The number of hydrogen-bond acceptors (Lipinski definition) is 3. The Hall–Kier alpha value is -1.34. The van der Waals surface area contributed by atoms with E-state index in [0.29, 0.717) is 29.2 Å². The zero-order chi connectivity index (χ0) is 17.2. The molecular formula is C19H28N2OS. The summed E-state index contributed by atoms with van der Waals surface area (Å²) >= 11 is 1.62. The van der Waals surface area contributed by atoms with Crippen LogP contribution in [-0.2, 0) is 17.6 Å². The standard InChI is InChI=1S/C19H28N2OS/c1-6-19(4,5)13-7-8-14-15(11-20)18(23-16(14)10-13)21-17(22)9-12(2)3/h12-13H,6-10H2,1-5H3,(H,21,22)/t13-/m1/s1. The molecule has 0 aliphatic heterocycles. The first-order valence-electron chi connectivity index (χ1n) is 8.63. The van der Waals surface area contributed by atoms with Crippen molar-refractivity contribution in [3.63, 3.8) is 0 Å². The summed E-state index contributed by atoms with van der Waals surface area (Å²) in [4.78, 5) is 13.4. The molecule has 0 saturated carbocycles. The van der Waals surface area contributed by atoms with Gasteiger partial charge in [-0.3, -0.25) is 4.79 Å². The number of hydrogen-bond donors (Lipinski definition) is 1. The molecule has 1 aromatic rings. The van der Waals surface area contributed by atoms with Gasteiger partial charge in [0.1, 0.15) is 11.1 Å². The third kappa shape index (κ3) is 3.95. The summed E-state index contributed by atoms with van der Waals surface area (Å²) in [5.41, 5.74) is 2.21. The minimum Gasteiger partial charge on any atom is -0.317 e. The maximum atomic E-state index is 12.1. The third-order valence-corrected chi connectivity index (χ3v) is 6.41. The van der Waals surface area contributed by atoms with Gasteiger partial charge in [0, 0.05) is 11.3 Å². The van der Waals surface area contributed by atoms with E-state index < -0.39 is 0 Å². The quantitative estimate of drug-likeness (QED) is 0.811. The highest BCUT2D eigenvalue weighted by Gasteiger charge is 2.34. The van der Waals surface area contributed by atoms with Gasteiger partial charge in [0.15, 0.2) is 0 Å². The molecule has 1 aliphatic carbocycles. The van der Waals surface area contributed by atoms with Crippen molar-refractivity contribution in [2.45, 2.75) is 66.7 Å². The molecule has 0 unspecified atom stereocenters. The predicted molar refractivity (Wildman–Crippen MR) is 96.7 cm³/mol. The van der Waals surface area contributed by atoms with E-state index in [1.54, 1.807) is 11.3 Å². The van der Waals surface area contributed by atoms with Gasteiger partial charge in [0.2, 0.25) is 5.91 Å². The Balaban J connectivity index is 2.23. The zero-order valence-electron chi connectivity index (χ0n) is 15.0. The van der Waals surface area contributed by atoms with Gasteiger partial charge in [-0.1, -0.05) is 41.0 Å². The average molecular weight is 333 g/mol. The van der Waals surface area contributed by atoms with Crippen LogP contribution in [0.4, 0.5) is 5.00 Å². The highest BCUT2D eigenvalue weighted by molar-refractivity contribution is 7.16. The summed E-state index contributed by atoms with van der Waals surface area (Å²) in [6, 6.07) is 2.33. The van der Waals surface area contributed by atoms with Crippen molar-refractivity contribution < 1.29 is 4.79 Å². The Kier molecular flexibility index (Phi) is 5.52. The average Bonchev–Trinajstić information content (AvgIpc) is 2.82. The van der Waals surface area contributed by atoms with Crippen LogP contribution in [-0.4, -0.2) is 5.91 Å². The van der Waals surface area contributed by atoms with Crippen LogP contribution in [0.5, 0.6) is 0 Å². The smallest absolute Gasteiger partial charge is 0.225 e. The fourth-order valence-electron chi connectivity index (χ4n) is 3.30. The summed E-state index contributed by atoms with van der Waals surface area (Å²) in [5, 5.41) is 13.3. The molecule has 0 bridgehead atoms. The lowest BCUT2D eigenvalue weighted by molar-refractivity contribution is -0.116. The summed E-state index contributed by atoms with van der Waals surface area (Å²) in [7, 11) is 0. The topological polar surface area (TPSA) is 52.9 Å². The first-order chi connectivity index (χ1) is 10.8. The van der Waals surface area contributed by atoms with Crippen LogP contribution in [0.15, 0.2) is 0 Å². The van der Waals surface area contributed by atoms with E-state index in [4.69, 9.17) is 0 Å². The van der Waals surface area contributed by atoms with E-state index in [2.05, 4.69) is 32.2 Å². The SMILES string of the molecule is CCC(C)(C)[C@@H]1CCc2c(sc(NC(=O)CC(C)C)c2C#N)C1. The Morgan fingerprint density at radius 3 is 2.74 bits per heavy atom. The molecule has 3 nitrogen and oxygen atoms in total. The fourth-order valence-corrected chi connectivity index (χ4v) is 4.59. The van der Waals surface area contributed by atoms with E-state index >= 15 is 0 Å². The van der Waals surface area contributed by atoms with Crippen LogP contribution in [0, 0.1) is 28.6 Å². The number of carbonyl (C=O) groups is 1. The van der Waals surface area contributed by atoms with Crippen LogP contribution >= 0.6 is 11.3 Å². The van der Waals surface area contributed by atoms with Gasteiger partial charge in [0.05, 0.1) is 5.56 Å². The Bertz CT molecular complexity index is 622. The number of thiophene rings is 1. The first kappa shape index (κ1) is 18.0. The molecular weight excluding hydrogens is 304 g/mol. The van der Waals surface area contributed by atoms with Crippen molar-refractivity contribution in [1.82, 2.24) is 0 Å². The van der Waals surface area contributed by atoms with Crippen LogP contribution in [0.1, 0.15) is 69.9 Å². The van der Waals surface area contributed by atoms with Crippen LogP contribution < -0.4 is 5.32 Å². The van der Waals surface area contributed by atoms with Gasteiger partial charge < -0.3 is 5.32 Å². The van der Waals surface area contributed by atoms with Gasteiger partial charge >= 0.3 is 0 Å². The molecule has 1 aliphatic rings. The van der Waals surface area contributed by atoms with E-state index in [9.17, 15) is 10.1 Å². The summed E-state index contributed by atoms with van der Waals surface area (Å²) < 4.78 is 0. The van der Waals surface area contributed by atoms with Crippen molar-refractivity contribution in [3.8, 4) is 6.07 Å². The second kappa shape index (κ2) is 7.05. The van der Waals surface area contributed by atoms with Crippen LogP contribution in [0.2, 0.25) is 0 Å². The van der Waals surface area contributed by atoms with Crippen molar-refractivity contribution in [3.05, 3.63) is 16.0 Å². The van der Waals surface area contributed by atoms with Gasteiger partial charge in [-0.25, -0.2) is 0 Å².